The van der Waals surface area contributed by atoms with Crippen molar-refractivity contribution in [1.82, 2.24) is 0 Å². The van der Waals surface area contributed by atoms with E-state index in [1.165, 1.54) is 12.1 Å². The van der Waals surface area contributed by atoms with Gasteiger partial charge in [-0.15, -0.1) is 0 Å². The molecule has 0 saturated heterocycles. The minimum Gasteiger partial charge on any atom is -0.743 e. The lowest BCUT2D eigenvalue weighted by molar-refractivity contribution is -0.397. The van der Waals surface area contributed by atoms with E-state index in [0.717, 1.165) is 43.5 Å². The highest BCUT2D eigenvalue weighted by molar-refractivity contribution is 7.97. The molecule has 3 rings (SSSR count). The first-order valence-corrected chi connectivity index (χ1v) is 15.1. The molecule has 0 bridgehead atoms. The highest BCUT2D eigenvalue weighted by Gasteiger charge is 2.73. The quantitative estimate of drug-likeness (QED) is 0.0803. The summed E-state index contributed by atoms with van der Waals surface area (Å²) < 4.78 is 199. The SMILES string of the molecule is COCOC(COc1ccc([S+](c2ccccc2)c2ccc(OC(C(F)(F)F)C(F)(F)S(=O)(=O)[O-])cc2)cc1)(C(F)(F)F)C(F)(F)F. The third kappa shape index (κ3) is 8.59. The van der Waals surface area contributed by atoms with Crippen LogP contribution in [0.15, 0.2) is 93.5 Å². The maximum absolute atomic E-state index is 13.9. The van der Waals surface area contributed by atoms with Crippen LogP contribution in [0.1, 0.15) is 0 Å². The molecule has 0 N–H and O–H groups in total. The van der Waals surface area contributed by atoms with E-state index in [-0.39, 0.29) is 0 Å². The summed E-state index contributed by atoms with van der Waals surface area (Å²) in [6, 6.07) is 16.7. The van der Waals surface area contributed by atoms with Crippen molar-refractivity contribution in [3.63, 3.8) is 0 Å². The summed E-state index contributed by atoms with van der Waals surface area (Å²) in [4.78, 5) is 1.21. The van der Waals surface area contributed by atoms with Crippen molar-refractivity contribution in [2.75, 3.05) is 20.5 Å². The fourth-order valence-corrected chi connectivity index (χ4v) is 6.26. The third-order valence-electron chi connectivity index (χ3n) is 6.07. The Kier molecular flexibility index (Phi) is 11.4. The maximum Gasteiger partial charge on any atom is 0.432 e. The normalized spacial score (nSPS) is 14.8. The molecule has 2 atom stereocenters. The molecule has 0 radical (unpaired) electrons. The largest absolute Gasteiger partial charge is 0.743 e. The fraction of sp³-hybridized carbons (Fsp3) is 0.333. The van der Waals surface area contributed by atoms with Crippen LogP contribution >= 0.6 is 0 Å². The van der Waals surface area contributed by atoms with Gasteiger partial charge >= 0.3 is 23.8 Å². The number of ether oxygens (including phenoxy) is 4. The van der Waals surface area contributed by atoms with Crippen LogP contribution in [0, 0.1) is 0 Å². The van der Waals surface area contributed by atoms with Crippen molar-refractivity contribution >= 4 is 21.0 Å². The van der Waals surface area contributed by atoms with E-state index in [2.05, 4.69) is 14.2 Å². The Hall–Kier alpha value is -3.33. The van der Waals surface area contributed by atoms with E-state index < -0.39 is 81.4 Å². The average Bonchev–Trinajstić information content (AvgIpc) is 2.95. The van der Waals surface area contributed by atoms with Gasteiger partial charge in [-0.05, 0) is 60.7 Å². The van der Waals surface area contributed by atoms with Gasteiger partial charge in [0.25, 0.3) is 11.7 Å². The van der Waals surface area contributed by atoms with Gasteiger partial charge in [0.1, 0.15) is 24.9 Å². The molecule has 7 nitrogen and oxygen atoms in total. The number of halogens is 11. The Morgan fingerprint density at radius 2 is 1.15 bits per heavy atom. The van der Waals surface area contributed by atoms with Crippen LogP contribution in [0.2, 0.25) is 0 Å². The van der Waals surface area contributed by atoms with Gasteiger partial charge in [0.05, 0.1) is 10.9 Å². The Morgan fingerprint density at radius 3 is 1.55 bits per heavy atom. The monoisotopic (exact) mass is 730 g/mol. The van der Waals surface area contributed by atoms with Crippen molar-refractivity contribution in [2.45, 2.75) is 50.2 Å². The molecule has 0 amide bonds. The molecule has 0 spiro atoms. The van der Waals surface area contributed by atoms with Crippen LogP contribution in [0.3, 0.4) is 0 Å². The van der Waals surface area contributed by atoms with Crippen molar-refractivity contribution in [3.05, 3.63) is 78.9 Å². The van der Waals surface area contributed by atoms with E-state index in [0.29, 0.717) is 14.7 Å². The smallest absolute Gasteiger partial charge is 0.432 e. The molecule has 0 heterocycles. The van der Waals surface area contributed by atoms with Gasteiger partial charge in [-0.3, -0.25) is 0 Å². The molecular formula is C27H21F11O7S2. The molecule has 0 aliphatic heterocycles. The lowest BCUT2D eigenvalue weighted by atomic mass is 10.0. The van der Waals surface area contributed by atoms with Crippen molar-refractivity contribution in [2.24, 2.45) is 0 Å². The summed E-state index contributed by atoms with van der Waals surface area (Å²) in [6.45, 7) is -3.39. The van der Waals surface area contributed by atoms with Crippen LogP contribution < -0.4 is 9.47 Å². The lowest BCUT2D eigenvalue weighted by Crippen LogP contribution is -2.62. The molecule has 47 heavy (non-hydrogen) atoms. The number of hydrogen-bond acceptors (Lipinski definition) is 7. The van der Waals surface area contributed by atoms with Crippen LogP contribution in [0.5, 0.6) is 11.5 Å². The van der Waals surface area contributed by atoms with Crippen LogP contribution in [0.4, 0.5) is 48.3 Å². The molecule has 3 aromatic carbocycles. The molecule has 3 aromatic rings. The first-order chi connectivity index (χ1) is 21.5. The zero-order valence-corrected chi connectivity index (χ0v) is 25.0. The Bertz CT molecular complexity index is 1550. The van der Waals surface area contributed by atoms with Gasteiger partial charge in [0.2, 0.25) is 0 Å². The number of rotatable bonds is 13. The highest BCUT2D eigenvalue weighted by Crippen LogP contribution is 2.46. The van der Waals surface area contributed by atoms with E-state index in [1.807, 2.05) is 0 Å². The van der Waals surface area contributed by atoms with Gasteiger partial charge in [-0.25, -0.2) is 8.42 Å². The summed E-state index contributed by atoms with van der Waals surface area (Å²) in [5.74, 6) is -1.31. The zero-order chi connectivity index (χ0) is 35.5. The second-order valence-electron chi connectivity index (χ2n) is 9.28. The maximum atomic E-state index is 13.9. The Balaban J connectivity index is 1.94. The highest BCUT2D eigenvalue weighted by atomic mass is 32.2. The van der Waals surface area contributed by atoms with Crippen LogP contribution in [-0.2, 0) is 30.5 Å². The third-order valence-corrected chi connectivity index (χ3v) is 9.18. The first kappa shape index (κ1) is 38.1. The molecule has 260 valence electrons. The summed E-state index contributed by atoms with van der Waals surface area (Å²) in [6.07, 6.45) is -22.2. The van der Waals surface area contributed by atoms with E-state index >= 15 is 0 Å². The van der Waals surface area contributed by atoms with Gasteiger partial charge in [0, 0.05) is 7.11 Å². The topological polar surface area (TPSA) is 94.1 Å². The van der Waals surface area contributed by atoms with Crippen molar-refractivity contribution < 1.29 is 80.2 Å². The van der Waals surface area contributed by atoms with Gasteiger partial charge in [-0.2, -0.15) is 48.3 Å². The molecule has 2 unspecified atom stereocenters. The molecule has 0 aliphatic carbocycles. The Morgan fingerprint density at radius 1 is 0.702 bits per heavy atom. The zero-order valence-electron chi connectivity index (χ0n) is 23.3. The van der Waals surface area contributed by atoms with E-state index in [9.17, 15) is 61.3 Å². The minimum absolute atomic E-state index is 0.296. The van der Waals surface area contributed by atoms with Crippen LogP contribution in [0.25, 0.3) is 0 Å². The molecule has 0 aliphatic rings. The summed E-state index contributed by atoms with van der Waals surface area (Å²) in [5.41, 5.74) is -4.74. The predicted octanol–water partition coefficient (Wildman–Crippen LogP) is 7.09. The number of benzene rings is 3. The lowest BCUT2D eigenvalue weighted by Gasteiger charge is -2.36. The van der Waals surface area contributed by atoms with Gasteiger partial charge in [0.15, 0.2) is 24.8 Å². The summed E-state index contributed by atoms with van der Waals surface area (Å²) in [7, 11) is -7.15. The van der Waals surface area contributed by atoms with Crippen LogP contribution in [-0.4, -0.2) is 69.0 Å². The number of alkyl halides is 11. The predicted molar refractivity (Wildman–Crippen MR) is 140 cm³/mol. The molecular weight excluding hydrogens is 709 g/mol. The van der Waals surface area contributed by atoms with Gasteiger partial charge < -0.3 is 23.5 Å². The van der Waals surface area contributed by atoms with Crippen molar-refractivity contribution in [1.29, 1.82) is 0 Å². The number of hydrogen-bond donors (Lipinski definition) is 0. The average molecular weight is 731 g/mol. The van der Waals surface area contributed by atoms with E-state index in [1.54, 1.807) is 30.3 Å². The second kappa shape index (κ2) is 14.0. The van der Waals surface area contributed by atoms with Gasteiger partial charge in [-0.1, -0.05) is 18.2 Å². The fourth-order valence-electron chi connectivity index (χ4n) is 3.76. The first-order valence-electron chi connectivity index (χ1n) is 12.5. The van der Waals surface area contributed by atoms with E-state index in [4.69, 9.17) is 4.74 Å². The Labute approximate surface area is 262 Å². The number of methoxy groups -OCH3 is 1. The standard InChI is InChI=1S/C27H21F11O7S2/c1-42-16-44-23(26(33,34)35,27(36,37)38)15-43-17-7-11-20(12-8-17)46(19-5-3-2-4-6-19)21-13-9-18(10-14-21)45-22(24(28,29)30)25(31,32)47(39,40)41/h2-14,22H,15-16H2,1H3. The second-order valence-corrected chi connectivity index (χ2v) is 12.8. The summed E-state index contributed by atoms with van der Waals surface area (Å²) >= 11 is 0. The molecule has 0 aromatic heterocycles. The molecule has 0 fully saturated rings. The molecule has 20 heteroatoms. The molecule has 0 saturated carbocycles. The minimum atomic E-state index is -6.79. The summed E-state index contributed by atoms with van der Waals surface area (Å²) in [5, 5.41) is -5.88. The van der Waals surface area contributed by atoms with Crippen molar-refractivity contribution in [3.8, 4) is 11.5 Å².